The van der Waals surface area contributed by atoms with Crippen LogP contribution in [0, 0.1) is 22.7 Å². The van der Waals surface area contributed by atoms with Gasteiger partial charge < -0.3 is 69.1 Å². The Bertz CT molecular complexity index is 765. The first-order chi connectivity index (χ1) is 25.8. The summed E-state index contributed by atoms with van der Waals surface area (Å²) in [4.78, 5) is 0. The molecule has 2 nitrogen and oxygen atoms in total. The van der Waals surface area contributed by atoms with E-state index in [4.69, 9.17) is 10.5 Å². The molecule has 0 saturated heterocycles. The quantitative estimate of drug-likeness (QED) is 0.0616. The molecule has 0 aromatic heterocycles. The number of halogens is 16. The summed E-state index contributed by atoms with van der Waals surface area (Å²) >= 11 is 0. The average molecular weight is 1190 g/mol. The first-order valence-corrected chi connectivity index (χ1v) is 29.7. The third kappa shape index (κ3) is 114. The van der Waals surface area contributed by atoms with E-state index in [-0.39, 0.29) is 40.8 Å². The first kappa shape index (κ1) is 81.2. The van der Waals surface area contributed by atoms with E-state index in [0.29, 0.717) is 47.5 Å². The predicted molar refractivity (Wildman–Crippen MR) is 233 cm³/mol. The van der Waals surface area contributed by atoms with Gasteiger partial charge >= 0.3 is 69.9 Å². The van der Waals surface area contributed by atoms with Crippen LogP contribution in [0.1, 0.15) is 69.2 Å². The molecule has 0 amide bonds. The molecule has 0 aromatic rings. The number of nitrogens with zero attached hydrogens (tertiary/aromatic N) is 2. The van der Waals surface area contributed by atoms with E-state index >= 15 is 0 Å². The smallest absolute Gasteiger partial charge is 0.418 e. The fraction of sp³-hybridized carbons (Fsp3) is 0.931. The summed E-state index contributed by atoms with van der Waals surface area (Å²) in [5.41, 5.74) is 0. The van der Waals surface area contributed by atoms with Crippen LogP contribution in [0.15, 0.2) is 0 Å². The van der Waals surface area contributed by atoms with Crippen molar-refractivity contribution in [3.63, 3.8) is 0 Å². The molecular weight excluding hydrogens is 1120 g/mol. The van der Waals surface area contributed by atoms with Crippen LogP contribution in [0.4, 0.5) is 69.1 Å². The Balaban J connectivity index is -0.000000103. The minimum atomic E-state index is -6.00. The van der Waals surface area contributed by atoms with Crippen LogP contribution in [0.3, 0.4) is 0 Å². The summed E-state index contributed by atoms with van der Waals surface area (Å²) in [6.07, 6.45) is 24.6. The summed E-state index contributed by atoms with van der Waals surface area (Å²) in [7, 11) is -22.0. The Labute approximate surface area is 380 Å². The third-order valence-corrected chi connectivity index (χ3v) is 25.5. The molecule has 30 heteroatoms. The van der Waals surface area contributed by atoms with Gasteiger partial charge in [-0.05, 0) is 104 Å². The fourth-order valence-electron chi connectivity index (χ4n) is 4.08. The van der Waals surface area contributed by atoms with Gasteiger partial charge in [0.2, 0.25) is 0 Å². The second-order valence-corrected chi connectivity index (χ2v) is 28.7. The molecule has 0 bridgehead atoms. The SMILES string of the molecule is CC#N.CC#N.CCP(CC)CCP(CCP(CC)CC)CP(CCP(CC)CC)CCP(CC)CC.F[B-](F)(F)F.F[B-](F)(F)F.F[B-](F)(F)F.F[B-](F)(F)F.[Pd+2].[Pd+2]. The number of rotatable bonds is 22. The number of hydrogen-bond acceptors (Lipinski definition) is 2. The Kier molecular flexibility index (Phi) is 72.5. The van der Waals surface area contributed by atoms with Crippen LogP contribution in [-0.2, 0) is 40.8 Å². The zero-order valence-electron chi connectivity index (χ0n) is 35.6. The molecule has 0 spiro atoms. The maximum absolute atomic E-state index is 9.75. The third-order valence-electron chi connectivity index (χ3n) is 6.91. The van der Waals surface area contributed by atoms with Crippen molar-refractivity contribution < 1.29 is 110 Å². The zero-order chi connectivity index (χ0) is 46.9. The summed E-state index contributed by atoms with van der Waals surface area (Å²) in [5.74, 6) is 1.70. The van der Waals surface area contributed by atoms with Crippen LogP contribution >= 0.6 is 47.5 Å². The van der Waals surface area contributed by atoms with Crippen molar-refractivity contribution in [3.05, 3.63) is 0 Å². The van der Waals surface area contributed by atoms with Gasteiger partial charge in [0.25, 0.3) is 0 Å². The Morgan fingerprint density at radius 2 is 0.390 bits per heavy atom. The van der Waals surface area contributed by atoms with Gasteiger partial charge in [0.15, 0.2) is 0 Å². The average Bonchev–Trinajstić information content (AvgIpc) is 3.03. The fourth-order valence-corrected chi connectivity index (χ4v) is 22.4. The molecule has 0 rings (SSSR count). The molecule has 0 fully saturated rings. The monoisotopic (exact) mass is 1190 g/mol. The molecule has 0 aliphatic rings. The van der Waals surface area contributed by atoms with E-state index in [9.17, 15) is 69.1 Å². The van der Waals surface area contributed by atoms with Crippen molar-refractivity contribution >= 4 is 76.5 Å². The van der Waals surface area contributed by atoms with E-state index < -0.39 is 29.0 Å². The van der Waals surface area contributed by atoms with Crippen LogP contribution in [0.25, 0.3) is 0 Å². The van der Waals surface area contributed by atoms with E-state index in [1.54, 1.807) is 67.3 Å². The maximum atomic E-state index is 9.75. The van der Waals surface area contributed by atoms with Gasteiger partial charge in [-0.3, -0.25) is 0 Å². The number of hydrogen-bond donors (Lipinski definition) is 0. The first-order valence-electron chi connectivity index (χ1n) is 18.3. The van der Waals surface area contributed by atoms with Gasteiger partial charge in [0.1, 0.15) is 0 Å². The second-order valence-electron chi connectivity index (χ2n) is 10.9. The van der Waals surface area contributed by atoms with Crippen LogP contribution in [-0.4, -0.2) is 134 Å². The van der Waals surface area contributed by atoms with Crippen LogP contribution < -0.4 is 0 Å². The largest absolute Gasteiger partial charge is 2.00 e. The summed E-state index contributed by atoms with van der Waals surface area (Å²) < 4.78 is 156. The van der Waals surface area contributed by atoms with Crippen molar-refractivity contribution in [2.75, 3.05) is 104 Å². The van der Waals surface area contributed by atoms with E-state index in [1.807, 2.05) is 0 Å². The Morgan fingerprint density at radius 1 is 0.305 bits per heavy atom. The Morgan fingerprint density at radius 3 is 0.475 bits per heavy atom. The molecule has 0 aliphatic carbocycles. The number of nitriles is 2. The molecule has 364 valence electrons. The molecule has 0 radical (unpaired) electrons. The van der Waals surface area contributed by atoms with E-state index in [1.165, 1.54) is 63.1 Å². The van der Waals surface area contributed by atoms with Gasteiger partial charge in [0.05, 0.1) is 12.1 Å². The molecule has 0 heterocycles. The standard InChI is InChI=1S/C25H58P6.2C2H3N.4BF4.2Pd/c1-9-26(10-2)17-21-30(22-18-27(11-3)12-4)25-31(23-19-28(13-5)14-6)24-20-29(15-7)16-8;2*1-2-3;4*2-1(3,4)5;;/h9-25H2,1-8H3;2*1H3;;;;;;/q;;;4*-1;2*+2. The van der Waals surface area contributed by atoms with Gasteiger partial charge in [-0.2, -0.15) is 10.5 Å². The van der Waals surface area contributed by atoms with Gasteiger partial charge in [-0.25, -0.2) is 0 Å². The maximum Gasteiger partial charge on any atom is 2.00 e. The molecule has 0 N–H and O–H groups in total. The van der Waals surface area contributed by atoms with Gasteiger partial charge in [-0.15, -0.1) is 47.5 Å². The molecule has 0 aliphatic heterocycles. The molecule has 59 heavy (non-hydrogen) atoms. The summed E-state index contributed by atoms with van der Waals surface area (Å²) in [5, 5.41) is 14.6. The Hall–Kier alpha value is 2.02. The van der Waals surface area contributed by atoms with Crippen molar-refractivity contribution in [2.45, 2.75) is 69.2 Å². The van der Waals surface area contributed by atoms with Crippen LogP contribution in [0.5, 0.6) is 0 Å². The van der Waals surface area contributed by atoms with E-state index in [0.717, 1.165) is 0 Å². The zero-order valence-corrected chi connectivity index (χ0v) is 44.1. The molecule has 0 aromatic carbocycles. The van der Waals surface area contributed by atoms with E-state index in [2.05, 4.69) is 55.4 Å². The minimum absolute atomic E-state index is 0. The summed E-state index contributed by atoms with van der Waals surface area (Å²) in [6.45, 7) is 22.5. The topological polar surface area (TPSA) is 47.6 Å². The summed E-state index contributed by atoms with van der Waals surface area (Å²) in [6, 6.07) is 3.50. The van der Waals surface area contributed by atoms with Crippen LogP contribution in [0.2, 0.25) is 0 Å². The molecule has 0 saturated carbocycles. The van der Waals surface area contributed by atoms with Gasteiger partial charge in [0, 0.05) is 13.8 Å². The second kappa shape index (κ2) is 52.6. The normalized spacial score (nSPS) is 10.9. The van der Waals surface area contributed by atoms with Crippen molar-refractivity contribution in [1.29, 1.82) is 10.5 Å². The molecular formula is C29H64B4F16N2P6Pd2. The molecule has 0 unspecified atom stereocenters. The van der Waals surface area contributed by atoms with Crippen molar-refractivity contribution in [2.24, 2.45) is 0 Å². The predicted octanol–water partition coefficient (Wildman–Crippen LogP) is 16.2. The van der Waals surface area contributed by atoms with Gasteiger partial charge in [-0.1, -0.05) is 55.4 Å². The van der Waals surface area contributed by atoms with Crippen molar-refractivity contribution in [1.82, 2.24) is 0 Å². The minimum Gasteiger partial charge on any atom is -0.418 e. The van der Waals surface area contributed by atoms with Crippen molar-refractivity contribution in [3.8, 4) is 12.1 Å². The molecule has 0 atom stereocenters.